The first-order valence-electron chi connectivity index (χ1n) is 5.94. The highest BCUT2D eigenvalue weighted by Crippen LogP contribution is 2.38. The summed E-state index contributed by atoms with van der Waals surface area (Å²) in [4.78, 5) is 14.7. The zero-order valence-corrected chi connectivity index (χ0v) is 10.9. The number of nitrogens with zero attached hydrogens (tertiary/aromatic N) is 2. The third-order valence-electron chi connectivity index (χ3n) is 3.10. The van der Waals surface area contributed by atoms with Gasteiger partial charge in [0.2, 0.25) is 5.89 Å². The highest BCUT2D eigenvalue weighted by Gasteiger charge is 2.30. The molecule has 1 aromatic carbocycles. The molecule has 0 spiro atoms. The van der Waals surface area contributed by atoms with Crippen LogP contribution in [-0.4, -0.2) is 27.0 Å². The quantitative estimate of drug-likeness (QED) is 0.901. The molecule has 0 aliphatic heterocycles. The lowest BCUT2D eigenvalue weighted by atomic mass is 9.77. The Hall–Kier alpha value is -1.82. The summed E-state index contributed by atoms with van der Waals surface area (Å²) in [6, 6.07) is 8.22. The molecule has 0 bridgehead atoms. The van der Waals surface area contributed by atoms with Gasteiger partial charge in [-0.05, 0) is 17.5 Å². The van der Waals surface area contributed by atoms with Gasteiger partial charge in [0.05, 0.1) is 17.4 Å². The van der Waals surface area contributed by atoms with Crippen LogP contribution in [-0.2, 0) is 17.0 Å². The summed E-state index contributed by atoms with van der Waals surface area (Å²) in [5.74, 6) is 1.06. The first kappa shape index (κ1) is 12.2. The van der Waals surface area contributed by atoms with E-state index >= 15 is 0 Å². The number of rotatable bonds is 5. The van der Waals surface area contributed by atoms with Crippen molar-refractivity contribution < 1.29 is 14.4 Å². The van der Waals surface area contributed by atoms with Gasteiger partial charge in [-0.25, -0.2) is 0 Å². The second-order valence-electron chi connectivity index (χ2n) is 4.39. The van der Waals surface area contributed by atoms with Crippen molar-refractivity contribution in [3.8, 4) is 0 Å². The Morgan fingerprint density at radius 3 is 3.11 bits per heavy atom. The van der Waals surface area contributed by atoms with Gasteiger partial charge >= 0.3 is 5.97 Å². The third-order valence-corrected chi connectivity index (χ3v) is 4.00. The third kappa shape index (κ3) is 2.49. The Kier molecular flexibility index (Phi) is 3.25. The van der Waals surface area contributed by atoms with E-state index in [4.69, 9.17) is 9.63 Å². The predicted molar refractivity (Wildman–Crippen MR) is 70.1 cm³/mol. The molecule has 2 aromatic rings. The molecule has 5 nitrogen and oxygen atoms in total. The van der Waals surface area contributed by atoms with Crippen molar-refractivity contribution in [2.24, 2.45) is 0 Å². The first-order chi connectivity index (χ1) is 9.24. The minimum Gasteiger partial charge on any atom is -0.481 e. The van der Waals surface area contributed by atoms with Crippen molar-refractivity contribution in [2.45, 2.75) is 18.1 Å². The molecular formula is C13H12N2O3S. The monoisotopic (exact) mass is 276 g/mol. The van der Waals surface area contributed by atoms with E-state index in [1.165, 1.54) is 22.9 Å². The summed E-state index contributed by atoms with van der Waals surface area (Å²) >= 11 is 1.25. The normalized spacial score (nSPS) is 16.7. The maximum Gasteiger partial charge on any atom is 0.313 e. The number of aromatic nitrogens is 2. The standard InChI is InChI=1S/C13H12N2O3S/c16-12(17)7-19-6-11-14-13(15-18-11)10-5-8-3-1-2-4-9(8)10/h1-4,10H,5-7H2,(H,16,17). The van der Waals surface area contributed by atoms with Crippen LogP contribution in [0.4, 0.5) is 0 Å². The van der Waals surface area contributed by atoms with Crippen LogP contribution in [0.15, 0.2) is 28.8 Å². The van der Waals surface area contributed by atoms with Crippen LogP contribution in [0.1, 0.15) is 28.8 Å². The minimum absolute atomic E-state index is 0.0456. The molecular weight excluding hydrogens is 264 g/mol. The largest absolute Gasteiger partial charge is 0.481 e. The van der Waals surface area contributed by atoms with Crippen LogP contribution < -0.4 is 0 Å². The molecule has 0 saturated carbocycles. The number of carbonyl (C=O) groups is 1. The molecule has 1 atom stereocenters. The minimum atomic E-state index is -0.836. The molecule has 1 heterocycles. The van der Waals surface area contributed by atoms with Crippen LogP contribution in [0, 0.1) is 0 Å². The van der Waals surface area contributed by atoms with Gasteiger partial charge in [0.1, 0.15) is 0 Å². The van der Waals surface area contributed by atoms with Gasteiger partial charge in [-0.3, -0.25) is 4.79 Å². The van der Waals surface area contributed by atoms with E-state index in [9.17, 15) is 4.79 Å². The lowest BCUT2D eigenvalue weighted by Gasteiger charge is -2.27. The molecule has 98 valence electrons. The average molecular weight is 276 g/mol. The molecule has 0 radical (unpaired) electrons. The smallest absolute Gasteiger partial charge is 0.313 e. The summed E-state index contributed by atoms with van der Waals surface area (Å²) in [7, 11) is 0. The molecule has 1 aliphatic carbocycles. The first-order valence-corrected chi connectivity index (χ1v) is 7.09. The molecule has 1 aliphatic rings. The topological polar surface area (TPSA) is 76.2 Å². The van der Waals surface area contributed by atoms with Gasteiger partial charge in [0, 0.05) is 0 Å². The fraction of sp³-hybridized carbons (Fsp3) is 0.308. The van der Waals surface area contributed by atoms with Gasteiger partial charge in [-0.2, -0.15) is 4.98 Å². The van der Waals surface area contributed by atoms with Crippen molar-refractivity contribution >= 4 is 17.7 Å². The highest BCUT2D eigenvalue weighted by atomic mass is 32.2. The Morgan fingerprint density at radius 1 is 1.47 bits per heavy atom. The van der Waals surface area contributed by atoms with Gasteiger partial charge in [-0.1, -0.05) is 29.4 Å². The molecule has 0 amide bonds. The van der Waals surface area contributed by atoms with Crippen LogP contribution in [0.3, 0.4) is 0 Å². The lowest BCUT2D eigenvalue weighted by molar-refractivity contribution is -0.133. The molecule has 0 fully saturated rings. The van der Waals surface area contributed by atoms with E-state index in [0.29, 0.717) is 17.5 Å². The van der Waals surface area contributed by atoms with Crippen molar-refractivity contribution in [1.29, 1.82) is 0 Å². The number of hydrogen-bond acceptors (Lipinski definition) is 5. The van der Waals surface area contributed by atoms with Crippen LogP contribution in [0.25, 0.3) is 0 Å². The molecule has 1 aromatic heterocycles. The van der Waals surface area contributed by atoms with Gasteiger partial charge in [0.15, 0.2) is 5.82 Å². The van der Waals surface area contributed by atoms with Crippen molar-refractivity contribution in [2.75, 3.05) is 5.75 Å². The Labute approximate surface area is 114 Å². The molecule has 6 heteroatoms. The number of carboxylic acids is 1. The van der Waals surface area contributed by atoms with Crippen molar-refractivity contribution in [3.05, 3.63) is 47.1 Å². The summed E-state index contributed by atoms with van der Waals surface area (Å²) in [6.07, 6.45) is 0.942. The van der Waals surface area contributed by atoms with Gasteiger partial charge in [0.25, 0.3) is 0 Å². The van der Waals surface area contributed by atoms with Crippen LogP contribution in [0.2, 0.25) is 0 Å². The zero-order valence-electron chi connectivity index (χ0n) is 10.1. The summed E-state index contributed by atoms with van der Waals surface area (Å²) in [5, 5.41) is 12.5. The Morgan fingerprint density at radius 2 is 2.32 bits per heavy atom. The lowest BCUT2D eigenvalue weighted by Crippen LogP contribution is -2.19. The maximum absolute atomic E-state index is 10.4. The Bertz CT molecular complexity index is 611. The number of thioether (sulfide) groups is 1. The van der Waals surface area contributed by atoms with E-state index in [-0.39, 0.29) is 11.7 Å². The molecule has 1 N–H and O–H groups in total. The molecule has 3 rings (SSSR count). The predicted octanol–water partition coefficient (Wildman–Crippen LogP) is 2.08. The maximum atomic E-state index is 10.4. The van der Waals surface area contributed by atoms with E-state index in [0.717, 1.165) is 6.42 Å². The fourth-order valence-corrected chi connectivity index (χ4v) is 2.75. The zero-order chi connectivity index (χ0) is 13.2. The number of carboxylic acid groups (broad SMARTS) is 1. The van der Waals surface area contributed by atoms with Crippen LogP contribution >= 0.6 is 11.8 Å². The van der Waals surface area contributed by atoms with Gasteiger partial charge in [-0.15, -0.1) is 11.8 Å². The molecule has 0 saturated heterocycles. The summed E-state index contributed by atoms with van der Waals surface area (Å²) < 4.78 is 5.14. The average Bonchev–Trinajstić information content (AvgIpc) is 2.79. The van der Waals surface area contributed by atoms with Crippen molar-refractivity contribution in [3.63, 3.8) is 0 Å². The summed E-state index contributed by atoms with van der Waals surface area (Å²) in [6.45, 7) is 0. The van der Waals surface area contributed by atoms with E-state index in [1.54, 1.807) is 0 Å². The second kappa shape index (κ2) is 5.05. The Balaban J connectivity index is 1.65. The fourth-order valence-electron chi connectivity index (χ4n) is 2.18. The highest BCUT2D eigenvalue weighted by molar-refractivity contribution is 7.99. The summed E-state index contributed by atoms with van der Waals surface area (Å²) in [5.41, 5.74) is 2.59. The number of hydrogen-bond donors (Lipinski definition) is 1. The van der Waals surface area contributed by atoms with E-state index in [1.807, 2.05) is 12.1 Å². The molecule has 1 unspecified atom stereocenters. The van der Waals surface area contributed by atoms with E-state index in [2.05, 4.69) is 22.3 Å². The van der Waals surface area contributed by atoms with E-state index < -0.39 is 5.97 Å². The van der Waals surface area contributed by atoms with Crippen molar-refractivity contribution in [1.82, 2.24) is 10.1 Å². The van der Waals surface area contributed by atoms with Gasteiger partial charge < -0.3 is 9.63 Å². The molecule has 19 heavy (non-hydrogen) atoms. The van der Waals surface area contributed by atoms with Crippen LogP contribution in [0.5, 0.6) is 0 Å². The second-order valence-corrected chi connectivity index (χ2v) is 5.37. The SMILES string of the molecule is O=C(O)CSCc1nc(C2Cc3ccccc32)no1. The number of aliphatic carboxylic acids is 1. The number of fused-ring (bicyclic) bond motifs is 1. The number of benzene rings is 1.